The fourth-order valence-corrected chi connectivity index (χ4v) is 4.72. The molecule has 1 amide bonds. The molecule has 0 bridgehead atoms. The van der Waals surface area contributed by atoms with Gasteiger partial charge in [-0.05, 0) is 6.42 Å². The number of unbranched alkanes of at least 4 members (excludes halogenated alkanes) is 15. The summed E-state index contributed by atoms with van der Waals surface area (Å²) in [6.07, 6.45) is 19.6. The lowest BCUT2D eigenvalue weighted by molar-refractivity contribution is -0.870. The zero-order chi connectivity index (χ0) is 29.4. The van der Waals surface area contributed by atoms with Gasteiger partial charge < -0.3 is 23.8 Å². The van der Waals surface area contributed by atoms with Gasteiger partial charge >= 0.3 is 13.9 Å². The molecule has 0 aliphatic rings. The third kappa shape index (κ3) is 27.2. The van der Waals surface area contributed by atoms with Gasteiger partial charge in [-0.25, -0.2) is 9.36 Å². The fourth-order valence-electron chi connectivity index (χ4n) is 3.98. The van der Waals surface area contributed by atoms with Crippen molar-refractivity contribution in [3.8, 4) is 0 Å². The van der Waals surface area contributed by atoms with E-state index >= 15 is 0 Å². The number of amides is 1. The molecule has 2 atom stereocenters. The van der Waals surface area contributed by atoms with Crippen LogP contribution in [-0.4, -0.2) is 94.7 Å². The van der Waals surface area contributed by atoms with E-state index in [0.29, 0.717) is 17.6 Å². The topological polar surface area (TPSA) is 94.5 Å². The number of likely N-dealkylation sites (N-methyl/N-ethyl adjacent to an activating group) is 1. The lowest BCUT2D eigenvalue weighted by Crippen LogP contribution is -2.37. The molecule has 0 aliphatic carbocycles. The second-order valence-corrected chi connectivity index (χ2v) is 13.3. The van der Waals surface area contributed by atoms with Crippen LogP contribution >= 0.6 is 7.82 Å². The van der Waals surface area contributed by atoms with Crippen LogP contribution in [0.3, 0.4) is 0 Å². The highest BCUT2D eigenvalue weighted by Gasteiger charge is 2.26. The van der Waals surface area contributed by atoms with Crippen LogP contribution in [0.4, 0.5) is 4.79 Å². The molecule has 0 heterocycles. The number of ether oxygens (including phenoxy) is 2. The lowest BCUT2D eigenvalue weighted by atomic mass is 10.0. The fraction of sp³-hybridized carbons (Fsp3) is 0.966. The predicted molar refractivity (Wildman–Crippen MR) is 159 cm³/mol. The van der Waals surface area contributed by atoms with E-state index in [4.69, 9.17) is 18.5 Å². The zero-order valence-corrected chi connectivity index (χ0v) is 27.1. The highest BCUT2D eigenvalue weighted by molar-refractivity contribution is 7.47. The lowest BCUT2D eigenvalue weighted by Gasteiger charge is -2.24. The number of rotatable bonds is 27. The second-order valence-electron chi connectivity index (χ2n) is 11.9. The third-order valence-electron chi connectivity index (χ3n) is 6.52. The van der Waals surface area contributed by atoms with Crippen LogP contribution in [-0.2, 0) is 23.1 Å². The minimum Gasteiger partial charge on any atom is -0.441 e. The van der Waals surface area contributed by atoms with Crippen LogP contribution in [0.15, 0.2) is 0 Å². The van der Waals surface area contributed by atoms with E-state index in [1.807, 2.05) is 21.1 Å². The maximum Gasteiger partial charge on any atom is 0.472 e. The van der Waals surface area contributed by atoms with E-state index in [1.165, 1.54) is 94.8 Å². The van der Waals surface area contributed by atoms with Gasteiger partial charge in [0.2, 0.25) is 0 Å². The van der Waals surface area contributed by atoms with Gasteiger partial charge in [0.1, 0.15) is 13.2 Å². The van der Waals surface area contributed by atoms with Crippen molar-refractivity contribution in [1.29, 1.82) is 0 Å². The van der Waals surface area contributed by atoms with Crippen molar-refractivity contribution in [2.75, 3.05) is 68.2 Å². The van der Waals surface area contributed by atoms with Crippen LogP contribution in [0.1, 0.15) is 110 Å². The molecule has 2 unspecified atom stereocenters. The van der Waals surface area contributed by atoms with Crippen molar-refractivity contribution in [3.05, 3.63) is 0 Å². The molecule has 1 N–H and O–H groups in total. The van der Waals surface area contributed by atoms with E-state index in [0.717, 1.165) is 12.8 Å². The Morgan fingerprint density at radius 3 is 1.64 bits per heavy atom. The Labute approximate surface area is 240 Å². The average molecular weight is 582 g/mol. The van der Waals surface area contributed by atoms with Gasteiger partial charge in [-0.2, -0.15) is 0 Å². The molecule has 39 heavy (non-hydrogen) atoms. The van der Waals surface area contributed by atoms with Crippen molar-refractivity contribution < 1.29 is 37.3 Å². The molecular weight excluding hydrogens is 519 g/mol. The van der Waals surface area contributed by atoms with Gasteiger partial charge in [0.15, 0.2) is 6.10 Å². The molecule has 0 aliphatic heterocycles. The molecule has 0 aromatic heterocycles. The Balaban J connectivity index is 3.91. The summed E-state index contributed by atoms with van der Waals surface area (Å²) in [6, 6.07) is 0. The summed E-state index contributed by atoms with van der Waals surface area (Å²) in [5.74, 6) is 0. The van der Waals surface area contributed by atoms with Crippen molar-refractivity contribution in [3.63, 3.8) is 0 Å². The van der Waals surface area contributed by atoms with Gasteiger partial charge in [-0.3, -0.25) is 9.05 Å². The monoisotopic (exact) mass is 581 g/mol. The van der Waals surface area contributed by atoms with E-state index in [9.17, 15) is 14.3 Å². The molecule has 0 radical (unpaired) electrons. The third-order valence-corrected chi connectivity index (χ3v) is 7.50. The normalized spacial score (nSPS) is 14.2. The molecule has 234 valence electrons. The summed E-state index contributed by atoms with van der Waals surface area (Å²) in [7, 11) is 4.77. The predicted octanol–water partition coefficient (Wildman–Crippen LogP) is 7.17. The number of phosphoric acid groups is 1. The zero-order valence-electron chi connectivity index (χ0n) is 26.2. The van der Waals surface area contributed by atoms with Crippen LogP contribution in [0.2, 0.25) is 0 Å². The Kier molecular flexibility index (Phi) is 23.5. The van der Waals surface area contributed by atoms with Crippen molar-refractivity contribution >= 4 is 13.9 Å². The second kappa shape index (κ2) is 24.0. The van der Waals surface area contributed by atoms with Crippen LogP contribution in [0, 0.1) is 0 Å². The van der Waals surface area contributed by atoms with Gasteiger partial charge in [-0.1, -0.05) is 103 Å². The average Bonchev–Trinajstić information content (AvgIpc) is 2.85. The first-order valence-corrected chi connectivity index (χ1v) is 16.8. The molecule has 0 aromatic rings. The SMILES string of the molecule is CCCCCCCCCCCCCCCCCCOCC(COP(=O)(O)OCC[N+](C)(C)C)OC(=O)N(C)C. The van der Waals surface area contributed by atoms with Gasteiger partial charge in [0.25, 0.3) is 0 Å². The Morgan fingerprint density at radius 1 is 0.744 bits per heavy atom. The first-order chi connectivity index (χ1) is 18.5. The molecule has 9 nitrogen and oxygen atoms in total. The Bertz CT molecular complexity index is 629. The molecule has 0 aromatic carbocycles. The van der Waals surface area contributed by atoms with E-state index < -0.39 is 20.0 Å². The summed E-state index contributed by atoms with van der Waals surface area (Å²) in [6.45, 7) is 3.26. The maximum absolute atomic E-state index is 12.2. The molecular formula is C29H62N2O7P+. The van der Waals surface area contributed by atoms with Gasteiger partial charge in [-0.15, -0.1) is 0 Å². The number of carbonyl (C=O) groups excluding carboxylic acids is 1. The minimum absolute atomic E-state index is 0.0786. The summed E-state index contributed by atoms with van der Waals surface area (Å²) < 4.78 is 33.9. The van der Waals surface area contributed by atoms with Crippen LogP contribution in [0.5, 0.6) is 0 Å². The molecule has 0 rings (SSSR count). The van der Waals surface area contributed by atoms with Gasteiger partial charge in [0, 0.05) is 20.7 Å². The largest absolute Gasteiger partial charge is 0.472 e. The maximum atomic E-state index is 12.2. The van der Waals surface area contributed by atoms with E-state index in [2.05, 4.69) is 6.92 Å². The first kappa shape index (κ1) is 38.3. The standard InChI is InChI=1S/C29H61N2O7P/c1-7-8-9-10-11-12-13-14-15-16-17-18-19-20-21-22-24-35-26-28(38-29(32)30(2)3)27-37-39(33,34)36-25-23-31(4,5)6/h28H,7-27H2,1-6H3/p+1. The molecule has 0 spiro atoms. The Morgan fingerprint density at radius 2 is 1.21 bits per heavy atom. The molecule has 10 heteroatoms. The summed E-state index contributed by atoms with van der Waals surface area (Å²) in [4.78, 5) is 23.2. The first-order valence-electron chi connectivity index (χ1n) is 15.3. The van der Waals surface area contributed by atoms with Crippen LogP contribution in [0.25, 0.3) is 0 Å². The molecule has 0 saturated carbocycles. The van der Waals surface area contributed by atoms with Crippen LogP contribution < -0.4 is 0 Å². The number of quaternary nitrogens is 1. The summed E-state index contributed by atoms with van der Waals surface area (Å²) >= 11 is 0. The highest BCUT2D eigenvalue weighted by Crippen LogP contribution is 2.43. The van der Waals surface area contributed by atoms with Crippen molar-refractivity contribution in [2.45, 2.75) is 116 Å². The number of hydrogen-bond acceptors (Lipinski definition) is 6. The number of carbonyl (C=O) groups is 1. The highest BCUT2D eigenvalue weighted by atomic mass is 31.2. The molecule has 0 saturated heterocycles. The van der Waals surface area contributed by atoms with Crippen molar-refractivity contribution in [1.82, 2.24) is 4.90 Å². The quantitative estimate of drug-likeness (QED) is 0.0624. The summed E-state index contributed by atoms with van der Waals surface area (Å²) in [5, 5.41) is 0. The number of hydrogen-bond donors (Lipinski definition) is 1. The minimum atomic E-state index is -4.25. The van der Waals surface area contributed by atoms with E-state index in [1.54, 1.807) is 14.1 Å². The molecule has 0 fully saturated rings. The van der Waals surface area contributed by atoms with E-state index in [-0.39, 0.29) is 19.8 Å². The van der Waals surface area contributed by atoms with Crippen molar-refractivity contribution in [2.24, 2.45) is 0 Å². The number of nitrogens with zero attached hydrogens (tertiary/aromatic N) is 2. The smallest absolute Gasteiger partial charge is 0.441 e. The van der Waals surface area contributed by atoms with Gasteiger partial charge in [0.05, 0.1) is 34.4 Å². The summed E-state index contributed by atoms with van der Waals surface area (Å²) in [5.41, 5.74) is 0. The Hall–Kier alpha value is -0.700. The number of phosphoric ester groups is 1.